The Balaban J connectivity index is 3.57. The molecule has 0 amide bonds. The number of hydrogen-bond acceptors (Lipinski definition) is 2. The Morgan fingerprint density at radius 2 is 1.69 bits per heavy atom. The van der Waals surface area contributed by atoms with Crippen LogP contribution in [0.4, 0.5) is 0 Å². The van der Waals surface area contributed by atoms with Crippen LogP contribution < -0.4 is 5.32 Å². The molecule has 0 aliphatic carbocycles. The van der Waals surface area contributed by atoms with Gasteiger partial charge in [-0.1, -0.05) is 27.7 Å². The van der Waals surface area contributed by atoms with E-state index in [0.29, 0.717) is 12.0 Å². The minimum absolute atomic E-state index is 0.289. The fourth-order valence-corrected chi connectivity index (χ4v) is 1.37. The first-order valence-electron chi connectivity index (χ1n) is 5.42. The molecule has 13 heavy (non-hydrogen) atoms. The fraction of sp³-hybridized carbons (Fsp3) is 1.00. The van der Waals surface area contributed by atoms with Crippen molar-refractivity contribution in [3.63, 3.8) is 0 Å². The summed E-state index contributed by atoms with van der Waals surface area (Å²) in [6, 6.07) is 0.476. The highest BCUT2D eigenvalue weighted by Crippen LogP contribution is 2.06. The average molecular weight is 187 g/mol. The summed E-state index contributed by atoms with van der Waals surface area (Å²) in [5.74, 6) is 1.37. The normalized spacial score (nSPS) is 14.1. The molecular formula is C11H25NO. The summed E-state index contributed by atoms with van der Waals surface area (Å²) in [7, 11) is 0. The van der Waals surface area contributed by atoms with Gasteiger partial charge in [-0.3, -0.25) is 0 Å². The summed E-state index contributed by atoms with van der Waals surface area (Å²) in [4.78, 5) is 0. The summed E-state index contributed by atoms with van der Waals surface area (Å²) in [6.45, 7) is 10.2. The van der Waals surface area contributed by atoms with Crippen molar-refractivity contribution in [2.45, 2.75) is 46.6 Å². The molecule has 2 nitrogen and oxygen atoms in total. The SMILES string of the molecule is CC(C)CCNC(CCO)C(C)C. The second-order valence-electron chi connectivity index (χ2n) is 4.50. The molecule has 0 saturated carbocycles. The minimum atomic E-state index is 0.289. The number of hydrogen-bond donors (Lipinski definition) is 2. The van der Waals surface area contributed by atoms with E-state index >= 15 is 0 Å². The maximum Gasteiger partial charge on any atom is 0.0445 e. The molecule has 0 spiro atoms. The van der Waals surface area contributed by atoms with E-state index in [2.05, 4.69) is 33.0 Å². The molecule has 80 valence electrons. The van der Waals surface area contributed by atoms with Gasteiger partial charge in [0.2, 0.25) is 0 Å². The van der Waals surface area contributed by atoms with Gasteiger partial charge in [0.25, 0.3) is 0 Å². The molecule has 0 bridgehead atoms. The van der Waals surface area contributed by atoms with Crippen LogP contribution in [0.25, 0.3) is 0 Å². The molecule has 0 aromatic carbocycles. The van der Waals surface area contributed by atoms with E-state index in [-0.39, 0.29) is 6.61 Å². The quantitative estimate of drug-likeness (QED) is 0.639. The van der Waals surface area contributed by atoms with Crippen molar-refractivity contribution >= 4 is 0 Å². The van der Waals surface area contributed by atoms with Crippen LogP contribution in [-0.4, -0.2) is 24.3 Å². The van der Waals surface area contributed by atoms with Crippen molar-refractivity contribution in [2.75, 3.05) is 13.2 Å². The molecule has 2 N–H and O–H groups in total. The van der Waals surface area contributed by atoms with Crippen LogP contribution in [0.15, 0.2) is 0 Å². The van der Waals surface area contributed by atoms with Crippen molar-refractivity contribution < 1.29 is 5.11 Å². The standard InChI is InChI=1S/C11H25NO/c1-9(2)5-7-12-11(6-8-13)10(3)4/h9-13H,5-8H2,1-4H3. The molecule has 0 fully saturated rings. The molecule has 0 aromatic heterocycles. The first-order valence-corrected chi connectivity index (χ1v) is 5.42. The topological polar surface area (TPSA) is 32.3 Å². The number of aliphatic hydroxyl groups excluding tert-OH is 1. The van der Waals surface area contributed by atoms with Crippen LogP contribution in [0.2, 0.25) is 0 Å². The van der Waals surface area contributed by atoms with Crippen LogP contribution in [0.3, 0.4) is 0 Å². The van der Waals surface area contributed by atoms with Crippen molar-refractivity contribution in [2.24, 2.45) is 11.8 Å². The van der Waals surface area contributed by atoms with Gasteiger partial charge in [-0.25, -0.2) is 0 Å². The van der Waals surface area contributed by atoms with Gasteiger partial charge in [-0.2, -0.15) is 0 Å². The van der Waals surface area contributed by atoms with Crippen LogP contribution in [0, 0.1) is 11.8 Å². The highest BCUT2D eigenvalue weighted by molar-refractivity contribution is 4.70. The molecule has 1 atom stereocenters. The Hall–Kier alpha value is -0.0800. The van der Waals surface area contributed by atoms with Gasteiger partial charge in [0.1, 0.15) is 0 Å². The molecule has 0 aliphatic heterocycles. The van der Waals surface area contributed by atoms with E-state index < -0.39 is 0 Å². The maximum atomic E-state index is 8.85. The zero-order valence-corrected chi connectivity index (χ0v) is 9.51. The first kappa shape index (κ1) is 12.9. The fourth-order valence-electron chi connectivity index (χ4n) is 1.37. The Labute approximate surface area is 82.7 Å². The van der Waals surface area contributed by atoms with Crippen molar-refractivity contribution in [1.82, 2.24) is 5.32 Å². The van der Waals surface area contributed by atoms with Crippen LogP contribution in [0.5, 0.6) is 0 Å². The molecule has 0 radical (unpaired) electrons. The van der Waals surface area contributed by atoms with Gasteiger partial charge >= 0.3 is 0 Å². The van der Waals surface area contributed by atoms with E-state index in [9.17, 15) is 0 Å². The van der Waals surface area contributed by atoms with E-state index in [1.165, 1.54) is 6.42 Å². The van der Waals surface area contributed by atoms with Crippen LogP contribution in [-0.2, 0) is 0 Å². The number of aliphatic hydroxyl groups is 1. The van der Waals surface area contributed by atoms with E-state index in [0.717, 1.165) is 18.9 Å². The predicted molar refractivity (Wildman–Crippen MR) is 57.8 cm³/mol. The molecule has 1 unspecified atom stereocenters. The van der Waals surface area contributed by atoms with Gasteiger partial charge in [-0.15, -0.1) is 0 Å². The molecule has 0 aromatic rings. The summed E-state index contributed by atoms with van der Waals surface area (Å²) in [5, 5.41) is 12.3. The largest absolute Gasteiger partial charge is 0.396 e. The lowest BCUT2D eigenvalue weighted by Crippen LogP contribution is -2.35. The Morgan fingerprint density at radius 3 is 2.08 bits per heavy atom. The van der Waals surface area contributed by atoms with Gasteiger partial charge in [0, 0.05) is 12.6 Å². The summed E-state index contributed by atoms with van der Waals surface area (Å²) in [5.41, 5.74) is 0. The second-order valence-corrected chi connectivity index (χ2v) is 4.50. The second kappa shape index (κ2) is 7.34. The lowest BCUT2D eigenvalue weighted by atomic mass is 10.0. The third-order valence-corrected chi connectivity index (χ3v) is 2.37. The smallest absolute Gasteiger partial charge is 0.0445 e. The zero-order chi connectivity index (χ0) is 10.3. The zero-order valence-electron chi connectivity index (χ0n) is 9.51. The predicted octanol–water partition coefficient (Wildman–Crippen LogP) is 2.03. The number of rotatable bonds is 7. The molecule has 0 heterocycles. The summed E-state index contributed by atoms with van der Waals surface area (Å²) < 4.78 is 0. The Kier molecular flexibility index (Phi) is 7.29. The van der Waals surface area contributed by atoms with Crippen molar-refractivity contribution in [3.05, 3.63) is 0 Å². The molecule has 0 saturated heterocycles. The molecular weight excluding hydrogens is 162 g/mol. The van der Waals surface area contributed by atoms with Crippen molar-refractivity contribution in [3.8, 4) is 0 Å². The van der Waals surface area contributed by atoms with E-state index in [4.69, 9.17) is 5.11 Å². The van der Waals surface area contributed by atoms with Crippen LogP contribution in [0.1, 0.15) is 40.5 Å². The lowest BCUT2D eigenvalue weighted by molar-refractivity contribution is 0.243. The third-order valence-electron chi connectivity index (χ3n) is 2.37. The monoisotopic (exact) mass is 187 g/mol. The lowest BCUT2D eigenvalue weighted by Gasteiger charge is -2.22. The summed E-state index contributed by atoms with van der Waals surface area (Å²) >= 11 is 0. The number of nitrogens with one attached hydrogen (secondary N) is 1. The first-order chi connectivity index (χ1) is 6.07. The van der Waals surface area contributed by atoms with E-state index in [1.54, 1.807) is 0 Å². The molecule has 0 aliphatic rings. The maximum absolute atomic E-state index is 8.85. The Bertz CT molecular complexity index is 113. The average Bonchev–Trinajstić information content (AvgIpc) is 2.02. The summed E-state index contributed by atoms with van der Waals surface area (Å²) in [6.07, 6.45) is 2.09. The van der Waals surface area contributed by atoms with Crippen LogP contribution >= 0.6 is 0 Å². The molecule has 0 rings (SSSR count). The Morgan fingerprint density at radius 1 is 1.08 bits per heavy atom. The van der Waals surface area contributed by atoms with Gasteiger partial charge in [-0.05, 0) is 31.2 Å². The van der Waals surface area contributed by atoms with Gasteiger partial charge in [0.15, 0.2) is 0 Å². The van der Waals surface area contributed by atoms with Gasteiger partial charge < -0.3 is 10.4 Å². The van der Waals surface area contributed by atoms with Crippen molar-refractivity contribution in [1.29, 1.82) is 0 Å². The third kappa shape index (κ3) is 7.03. The highest BCUT2D eigenvalue weighted by Gasteiger charge is 2.11. The van der Waals surface area contributed by atoms with Gasteiger partial charge in [0.05, 0.1) is 0 Å². The minimum Gasteiger partial charge on any atom is -0.396 e. The van der Waals surface area contributed by atoms with E-state index in [1.807, 2.05) is 0 Å². The highest BCUT2D eigenvalue weighted by atomic mass is 16.3. The molecule has 2 heteroatoms.